The molecule has 5 heteroatoms. The summed E-state index contributed by atoms with van der Waals surface area (Å²) in [7, 11) is 2.17. The van der Waals surface area contributed by atoms with Crippen molar-refractivity contribution in [2.45, 2.75) is 25.4 Å². The maximum absolute atomic E-state index is 12.7. The van der Waals surface area contributed by atoms with Gasteiger partial charge >= 0.3 is 0 Å². The van der Waals surface area contributed by atoms with Crippen LogP contribution >= 0.6 is 0 Å². The van der Waals surface area contributed by atoms with E-state index < -0.39 is 0 Å². The Bertz CT molecular complexity index is 540. The predicted molar refractivity (Wildman–Crippen MR) is 92.3 cm³/mol. The number of benzene rings is 1. The first-order valence-corrected chi connectivity index (χ1v) is 8.66. The van der Waals surface area contributed by atoms with E-state index in [9.17, 15) is 4.79 Å². The normalized spacial score (nSPS) is 23.9. The molecule has 2 heterocycles. The third-order valence-corrected chi connectivity index (χ3v) is 4.92. The van der Waals surface area contributed by atoms with Gasteiger partial charge in [0.1, 0.15) is 0 Å². The highest BCUT2D eigenvalue weighted by Gasteiger charge is 2.22. The number of amides is 1. The summed E-state index contributed by atoms with van der Waals surface area (Å²) in [5.41, 5.74) is 8.02. The van der Waals surface area contributed by atoms with Crippen molar-refractivity contribution >= 4 is 5.91 Å². The van der Waals surface area contributed by atoms with E-state index in [-0.39, 0.29) is 11.9 Å². The standard InChI is InChI=1S/C18H28N4O/c1-20-8-10-21(11-9-20)13-15-4-2-5-16(12-15)18(23)22-7-3-6-17(19)14-22/h2,4-5,12,17H,3,6-11,13-14,19H2,1H3. The van der Waals surface area contributed by atoms with Crippen molar-refractivity contribution in [1.29, 1.82) is 0 Å². The van der Waals surface area contributed by atoms with Crippen molar-refractivity contribution in [1.82, 2.24) is 14.7 Å². The van der Waals surface area contributed by atoms with Gasteiger partial charge in [-0.25, -0.2) is 0 Å². The Kier molecular flexibility index (Phi) is 5.30. The summed E-state index contributed by atoms with van der Waals surface area (Å²) >= 11 is 0. The van der Waals surface area contributed by atoms with Gasteiger partial charge in [0.05, 0.1) is 0 Å². The van der Waals surface area contributed by atoms with E-state index in [1.807, 2.05) is 17.0 Å². The lowest BCUT2D eigenvalue weighted by molar-refractivity contribution is 0.0708. The monoisotopic (exact) mass is 316 g/mol. The number of nitrogens with zero attached hydrogens (tertiary/aromatic N) is 3. The van der Waals surface area contributed by atoms with Crippen LogP contribution in [0.5, 0.6) is 0 Å². The van der Waals surface area contributed by atoms with E-state index in [1.54, 1.807) is 0 Å². The molecular formula is C18H28N4O. The van der Waals surface area contributed by atoms with Gasteiger partial charge in [0.2, 0.25) is 0 Å². The third-order valence-electron chi connectivity index (χ3n) is 4.92. The molecule has 1 aromatic carbocycles. The molecule has 3 rings (SSSR count). The van der Waals surface area contributed by atoms with Crippen molar-refractivity contribution in [3.05, 3.63) is 35.4 Å². The highest BCUT2D eigenvalue weighted by atomic mass is 16.2. The first-order chi connectivity index (χ1) is 11.1. The second-order valence-corrected chi connectivity index (χ2v) is 6.93. The van der Waals surface area contributed by atoms with Crippen molar-refractivity contribution in [3.63, 3.8) is 0 Å². The van der Waals surface area contributed by atoms with Crippen molar-refractivity contribution in [2.24, 2.45) is 5.73 Å². The largest absolute Gasteiger partial charge is 0.337 e. The first kappa shape index (κ1) is 16.4. The van der Waals surface area contributed by atoms with Crippen LogP contribution < -0.4 is 5.73 Å². The van der Waals surface area contributed by atoms with Crippen LogP contribution in [0.2, 0.25) is 0 Å². The molecule has 126 valence electrons. The number of piperidine rings is 1. The second kappa shape index (κ2) is 7.43. The number of carbonyl (C=O) groups excluding carboxylic acids is 1. The van der Waals surface area contributed by atoms with Gasteiger partial charge in [0.15, 0.2) is 0 Å². The van der Waals surface area contributed by atoms with E-state index in [0.717, 1.165) is 57.7 Å². The van der Waals surface area contributed by atoms with Gasteiger partial charge < -0.3 is 15.5 Å². The van der Waals surface area contributed by atoms with Gasteiger partial charge in [-0.05, 0) is 37.6 Å². The zero-order valence-corrected chi connectivity index (χ0v) is 14.1. The SMILES string of the molecule is CN1CCN(Cc2cccc(C(=O)N3CCCC(N)C3)c2)CC1. The van der Waals surface area contributed by atoms with Crippen LogP contribution in [0.15, 0.2) is 24.3 Å². The van der Waals surface area contributed by atoms with Gasteiger partial charge in [0.25, 0.3) is 5.91 Å². The minimum Gasteiger partial charge on any atom is -0.337 e. The average molecular weight is 316 g/mol. The molecule has 23 heavy (non-hydrogen) atoms. The van der Waals surface area contributed by atoms with Crippen LogP contribution in [-0.2, 0) is 6.54 Å². The summed E-state index contributed by atoms with van der Waals surface area (Å²) in [6, 6.07) is 8.23. The van der Waals surface area contributed by atoms with E-state index in [0.29, 0.717) is 6.54 Å². The fourth-order valence-electron chi connectivity index (χ4n) is 3.44. The lowest BCUT2D eigenvalue weighted by Crippen LogP contribution is -2.45. The summed E-state index contributed by atoms with van der Waals surface area (Å²) in [6.07, 6.45) is 2.03. The molecule has 5 nitrogen and oxygen atoms in total. The molecule has 0 spiro atoms. The number of nitrogens with two attached hydrogens (primary N) is 1. The zero-order chi connectivity index (χ0) is 16.2. The molecule has 2 saturated heterocycles. The molecule has 0 aliphatic carbocycles. The quantitative estimate of drug-likeness (QED) is 0.904. The van der Waals surface area contributed by atoms with Gasteiger partial charge in [-0.3, -0.25) is 9.69 Å². The molecule has 1 aromatic rings. The Morgan fingerprint density at radius 1 is 1.22 bits per heavy atom. The number of carbonyl (C=O) groups is 1. The molecular weight excluding hydrogens is 288 g/mol. The lowest BCUT2D eigenvalue weighted by Gasteiger charge is -2.32. The maximum Gasteiger partial charge on any atom is 0.253 e. The number of likely N-dealkylation sites (tertiary alicyclic amines) is 1. The Balaban J connectivity index is 1.63. The zero-order valence-electron chi connectivity index (χ0n) is 14.1. The smallest absolute Gasteiger partial charge is 0.253 e. The van der Waals surface area contributed by atoms with E-state index >= 15 is 0 Å². The summed E-state index contributed by atoms with van der Waals surface area (Å²) in [6.45, 7) is 6.85. The molecule has 2 aliphatic rings. The lowest BCUT2D eigenvalue weighted by atomic mass is 10.0. The number of hydrogen-bond donors (Lipinski definition) is 1. The highest BCUT2D eigenvalue weighted by Crippen LogP contribution is 2.15. The first-order valence-electron chi connectivity index (χ1n) is 8.66. The second-order valence-electron chi connectivity index (χ2n) is 6.93. The summed E-state index contributed by atoms with van der Waals surface area (Å²) < 4.78 is 0. The minimum atomic E-state index is 0.125. The van der Waals surface area contributed by atoms with Gasteiger partial charge in [-0.1, -0.05) is 12.1 Å². The van der Waals surface area contributed by atoms with Crippen LogP contribution in [0.25, 0.3) is 0 Å². The highest BCUT2D eigenvalue weighted by molar-refractivity contribution is 5.94. The van der Waals surface area contributed by atoms with Gasteiger partial charge in [0, 0.05) is 57.4 Å². The van der Waals surface area contributed by atoms with E-state index in [4.69, 9.17) is 5.73 Å². The number of piperazine rings is 1. The Morgan fingerprint density at radius 2 is 2.00 bits per heavy atom. The molecule has 1 atom stereocenters. The summed E-state index contributed by atoms with van der Waals surface area (Å²) in [5, 5.41) is 0. The van der Waals surface area contributed by atoms with Gasteiger partial charge in [-0.15, -0.1) is 0 Å². The van der Waals surface area contributed by atoms with Crippen LogP contribution in [0.4, 0.5) is 0 Å². The minimum absolute atomic E-state index is 0.125. The topological polar surface area (TPSA) is 52.8 Å². The Hall–Kier alpha value is -1.43. The van der Waals surface area contributed by atoms with E-state index in [1.165, 1.54) is 5.56 Å². The van der Waals surface area contributed by atoms with Crippen LogP contribution in [0, 0.1) is 0 Å². The molecule has 2 aliphatic heterocycles. The molecule has 1 unspecified atom stereocenters. The van der Waals surface area contributed by atoms with E-state index in [2.05, 4.69) is 29.0 Å². The Labute approximate surface area is 139 Å². The molecule has 0 radical (unpaired) electrons. The predicted octanol–water partition coefficient (Wildman–Crippen LogP) is 0.997. The third kappa shape index (κ3) is 4.31. The maximum atomic E-state index is 12.7. The average Bonchev–Trinajstić information content (AvgIpc) is 2.56. The van der Waals surface area contributed by atoms with Crippen molar-refractivity contribution < 1.29 is 4.79 Å². The summed E-state index contributed by atoms with van der Waals surface area (Å²) in [5.74, 6) is 0.125. The fourth-order valence-corrected chi connectivity index (χ4v) is 3.44. The van der Waals surface area contributed by atoms with Crippen LogP contribution in [0.1, 0.15) is 28.8 Å². The molecule has 0 saturated carbocycles. The molecule has 2 N–H and O–H groups in total. The molecule has 0 bridgehead atoms. The van der Waals surface area contributed by atoms with Crippen LogP contribution in [-0.4, -0.2) is 73.0 Å². The van der Waals surface area contributed by atoms with Crippen molar-refractivity contribution in [2.75, 3.05) is 46.3 Å². The molecule has 2 fully saturated rings. The van der Waals surface area contributed by atoms with Crippen molar-refractivity contribution in [3.8, 4) is 0 Å². The van der Waals surface area contributed by atoms with Gasteiger partial charge in [-0.2, -0.15) is 0 Å². The van der Waals surface area contributed by atoms with Crippen LogP contribution in [0.3, 0.4) is 0 Å². The number of likely N-dealkylation sites (N-methyl/N-ethyl adjacent to an activating group) is 1. The summed E-state index contributed by atoms with van der Waals surface area (Å²) in [4.78, 5) is 19.4. The fraction of sp³-hybridized carbons (Fsp3) is 0.611. The molecule has 0 aromatic heterocycles. The molecule has 1 amide bonds. The number of rotatable bonds is 3. The number of hydrogen-bond acceptors (Lipinski definition) is 4. The Morgan fingerprint density at radius 3 is 2.74 bits per heavy atom.